The number of nitrogens with zero attached hydrogens (tertiary/aromatic N) is 4. The molecule has 3 heterocycles. The number of hydrogen-bond donors (Lipinski definition) is 1. The van der Waals surface area contributed by atoms with Crippen LogP contribution in [0.3, 0.4) is 0 Å². The van der Waals surface area contributed by atoms with Crippen LogP contribution in [0.25, 0.3) is 5.82 Å². The van der Waals surface area contributed by atoms with Gasteiger partial charge in [0.1, 0.15) is 11.9 Å². The highest BCUT2D eigenvalue weighted by atomic mass is 19.1. The van der Waals surface area contributed by atoms with Crippen molar-refractivity contribution in [2.75, 3.05) is 31.2 Å². The van der Waals surface area contributed by atoms with E-state index in [4.69, 9.17) is 4.74 Å². The van der Waals surface area contributed by atoms with Crippen molar-refractivity contribution < 1.29 is 14.2 Å². The van der Waals surface area contributed by atoms with Crippen molar-refractivity contribution in [3.63, 3.8) is 0 Å². The van der Waals surface area contributed by atoms with Gasteiger partial charge in [0, 0.05) is 31.0 Å². The largest absolute Gasteiger partial charge is 0.382 e. The fraction of sp³-hybridized carbons (Fsp3) is 0.300. The molecular weight excluding hydrogens is 347 g/mol. The third-order valence-corrected chi connectivity index (χ3v) is 4.62. The van der Waals surface area contributed by atoms with Gasteiger partial charge >= 0.3 is 0 Å². The minimum Gasteiger partial charge on any atom is -0.382 e. The topological polar surface area (TPSA) is 63.4 Å². The lowest BCUT2D eigenvalue weighted by molar-refractivity contribution is 0.122. The van der Waals surface area contributed by atoms with Gasteiger partial charge in [0.25, 0.3) is 0 Å². The zero-order valence-corrected chi connectivity index (χ0v) is 15.0. The predicted octanol–water partition coefficient (Wildman–Crippen LogP) is 2.63. The number of aryl methyl sites for hydroxylation is 1. The van der Waals surface area contributed by atoms with Gasteiger partial charge in [-0.2, -0.15) is 5.10 Å². The maximum absolute atomic E-state index is 13.2. The van der Waals surface area contributed by atoms with Gasteiger partial charge in [-0.1, -0.05) is 12.1 Å². The molecule has 2 aromatic heterocycles. The third-order valence-electron chi connectivity index (χ3n) is 4.62. The van der Waals surface area contributed by atoms with Crippen LogP contribution in [0.2, 0.25) is 0 Å². The summed E-state index contributed by atoms with van der Waals surface area (Å²) in [6.45, 7) is 4.78. The van der Waals surface area contributed by atoms with Gasteiger partial charge in [-0.25, -0.2) is 14.1 Å². The van der Waals surface area contributed by atoms with E-state index in [0.717, 1.165) is 24.5 Å². The van der Waals surface area contributed by atoms with Crippen molar-refractivity contribution in [3.8, 4) is 5.82 Å². The van der Waals surface area contributed by atoms with Crippen molar-refractivity contribution >= 4 is 5.69 Å². The normalized spacial score (nSPS) is 15.7. The number of ether oxygens (including phenoxy) is 1. The molecule has 1 atom stereocenters. The second-order valence-corrected chi connectivity index (χ2v) is 6.56. The average molecular weight is 368 g/mol. The Morgan fingerprint density at radius 1 is 1.11 bits per heavy atom. The molecule has 27 heavy (non-hydrogen) atoms. The summed E-state index contributed by atoms with van der Waals surface area (Å²) in [6.07, 6.45) is 0.886. The summed E-state index contributed by atoms with van der Waals surface area (Å²) in [5, 5.41) is 15.3. The summed E-state index contributed by atoms with van der Waals surface area (Å²) < 4.78 is 20.4. The van der Waals surface area contributed by atoms with E-state index in [0.29, 0.717) is 30.3 Å². The molecule has 6 nitrogen and oxygen atoms in total. The SMILES string of the molecule is Cc1ccn(-c2cc(N3CCOCC3)cc([C@@H](O)c3ccc(F)cc3)n2)n1. The van der Waals surface area contributed by atoms with Crippen LogP contribution in [0.4, 0.5) is 10.1 Å². The van der Waals surface area contributed by atoms with Gasteiger partial charge in [0.15, 0.2) is 5.82 Å². The van der Waals surface area contributed by atoms with Crippen molar-refractivity contribution in [2.24, 2.45) is 0 Å². The molecule has 0 bridgehead atoms. The Morgan fingerprint density at radius 3 is 2.52 bits per heavy atom. The summed E-state index contributed by atoms with van der Waals surface area (Å²) in [5.41, 5.74) is 2.92. The van der Waals surface area contributed by atoms with E-state index in [-0.39, 0.29) is 5.82 Å². The first-order chi connectivity index (χ1) is 13.1. The summed E-state index contributed by atoms with van der Waals surface area (Å²) in [6, 6.07) is 11.5. The Kier molecular flexibility index (Phi) is 4.87. The molecule has 140 valence electrons. The molecule has 1 N–H and O–H groups in total. The van der Waals surface area contributed by atoms with E-state index in [9.17, 15) is 9.50 Å². The Morgan fingerprint density at radius 2 is 1.85 bits per heavy atom. The molecule has 1 aromatic carbocycles. The standard InChI is InChI=1S/C20H21FN4O2/c1-14-6-7-25(23-14)19-13-17(24-8-10-27-11-9-24)12-18(22-19)20(26)15-2-4-16(21)5-3-15/h2-7,12-13,20,26H,8-11H2,1H3/t20-/m0/s1. The minimum absolute atomic E-state index is 0.339. The molecule has 0 aliphatic carbocycles. The van der Waals surface area contributed by atoms with E-state index >= 15 is 0 Å². The van der Waals surface area contributed by atoms with Gasteiger partial charge in [0.2, 0.25) is 0 Å². The van der Waals surface area contributed by atoms with Crippen LogP contribution in [-0.2, 0) is 4.74 Å². The molecule has 0 radical (unpaired) electrons. The van der Waals surface area contributed by atoms with Crippen molar-refractivity contribution in [1.82, 2.24) is 14.8 Å². The molecule has 7 heteroatoms. The number of hydrogen-bond acceptors (Lipinski definition) is 5. The fourth-order valence-electron chi connectivity index (χ4n) is 3.14. The maximum Gasteiger partial charge on any atom is 0.155 e. The first-order valence-electron chi connectivity index (χ1n) is 8.91. The Labute approximate surface area is 156 Å². The number of halogens is 1. The van der Waals surface area contributed by atoms with Crippen molar-refractivity contribution in [3.05, 3.63) is 71.4 Å². The van der Waals surface area contributed by atoms with Gasteiger partial charge < -0.3 is 14.7 Å². The maximum atomic E-state index is 13.2. The zero-order chi connectivity index (χ0) is 18.8. The third kappa shape index (κ3) is 3.84. The van der Waals surface area contributed by atoms with Crippen LogP contribution >= 0.6 is 0 Å². The molecule has 4 rings (SSSR count). The molecule has 3 aromatic rings. The number of benzene rings is 1. The number of aliphatic hydroxyl groups is 1. The highest BCUT2D eigenvalue weighted by Gasteiger charge is 2.19. The summed E-state index contributed by atoms with van der Waals surface area (Å²) in [4.78, 5) is 6.81. The number of rotatable bonds is 4. The molecule has 0 amide bonds. The molecule has 1 aliphatic heterocycles. The van der Waals surface area contributed by atoms with Crippen molar-refractivity contribution in [2.45, 2.75) is 13.0 Å². The van der Waals surface area contributed by atoms with Gasteiger partial charge in [-0.3, -0.25) is 0 Å². The minimum atomic E-state index is -0.956. The summed E-state index contributed by atoms with van der Waals surface area (Å²) in [5.74, 6) is 0.289. The van der Waals surface area contributed by atoms with Crippen LogP contribution in [0.1, 0.15) is 23.1 Å². The highest BCUT2D eigenvalue weighted by Crippen LogP contribution is 2.27. The lowest BCUT2D eigenvalue weighted by Crippen LogP contribution is -2.36. The Hall–Kier alpha value is -2.77. The zero-order valence-electron chi connectivity index (χ0n) is 15.0. The molecule has 0 unspecified atom stereocenters. The van der Waals surface area contributed by atoms with Gasteiger partial charge in [-0.15, -0.1) is 0 Å². The van der Waals surface area contributed by atoms with Crippen LogP contribution in [0.15, 0.2) is 48.7 Å². The van der Waals surface area contributed by atoms with Crippen LogP contribution < -0.4 is 4.90 Å². The quantitative estimate of drug-likeness (QED) is 0.767. The first kappa shape index (κ1) is 17.6. The first-order valence-corrected chi connectivity index (χ1v) is 8.91. The van der Waals surface area contributed by atoms with Crippen LogP contribution in [-0.4, -0.2) is 46.2 Å². The second-order valence-electron chi connectivity index (χ2n) is 6.56. The predicted molar refractivity (Wildman–Crippen MR) is 99.6 cm³/mol. The van der Waals surface area contributed by atoms with Gasteiger partial charge in [0.05, 0.1) is 24.6 Å². The van der Waals surface area contributed by atoms with Crippen LogP contribution in [0, 0.1) is 12.7 Å². The van der Waals surface area contributed by atoms with E-state index in [1.165, 1.54) is 12.1 Å². The number of anilines is 1. The van der Waals surface area contributed by atoms with Crippen molar-refractivity contribution in [1.29, 1.82) is 0 Å². The fourth-order valence-corrected chi connectivity index (χ4v) is 3.14. The van der Waals surface area contributed by atoms with E-state index in [1.807, 2.05) is 31.3 Å². The lowest BCUT2D eigenvalue weighted by Gasteiger charge is -2.29. The smallest absolute Gasteiger partial charge is 0.155 e. The molecular formula is C20H21FN4O2. The molecule has 0 spiro atoms. The summed E-state index contributed by atoms with van der Waals surface area (Å²) >= 11 is 0. The lowest BCUT2D eigenvalue weighted by atomic mass is 10.1. The number of aromatic nitrogens is 3. The molecule has 1 saturated heterocycles. The van der Waals surface area contributed by atoms with E-state index < -0.39 is 6.10 Å². The Balaban J connectivity index is 1.76. The van der Waals surface area contributed by atoms with E-state index in [2.05, 4.69) is 15.0 Å². The van der Waals surface area contributed by atoms with Crippen LogP contribution in [0.5, 0.6) is 0 Å². The number of morpholine rings is 1. The highest BCUT2D eigenvalue weighted by molar-refractivity contribution is 5.53. The molecule has 1 aliphatic rings. The molecule has 0 saturated carbocycles. The van der Waals surface area contributed by atoms with Gasteiger partial charge in [-0.05, 0) is 36.8 Å². The average Bonchev–Trinajstić information content (AvgIpc) is 3.15. The van der Waals surface area contributed by atoms with E-state index in [1.54, 1.807) is 16.8 Å². The monoisotopic (exact) mass is 368 g/mol. The Bertz CT molecular complexity index is 920. The number of aliphatic hydroxyl groups excluding tert-OH is 1. The molecule has 1 fully saturated rings. The number of pyridine rings is 1. The summed E-state index contributed by atoms with van der Waals surface area (Å²) in [7, 11) is 0. The second kappa shape index (κ2) is 7.46.